The maximum absolute atomic E-state index is 11.8. The van der Waals surface area contributed by atoms with Gasteiger partial charge in [0.25, 0.3) is 0 Å². The second kappa shape index (κ2) is 9.73. The zero-order chi connectivity index (χ0) is 18.9. The molecule has 26 heavy (non-hydrogen) atoms. The molecule has 0 aliphatic heterocycles. The van der Waals surface area contributed by atoms with Crippen LogP contribution in [0.15, 0.2) is 23.6 Å². The van der Waals surface area contributed by atoms with E-state index in [-0.39, 0.29) is 18.3 Å². The number of benzene rings is 1. The molecule has 0 radical (unpaired) electrons. The average Bonchev–Trinajstić information content (AvgIpc) is 3.12. The minimum absolute atomic E-state index is 0.0181. The normalized spacial score (nSPS) is 10.3. The highest BCUT2D eigenvalue weighted by Crippen LogP contribution is 2.34. The molecule has 1 heterocycles. The van der Waals surface area contributed by atoms with Gasteiger partial charge >= 0.3 is 11.9 Å². The van der Waals surface area contributed by atoms with Crippen LogP contribution < -0.4 is 14.8 Å². The van der Waals surface area contributed by atoms with E-state index in [9.17, 15) is 9.59 Å². The molecule has 2 rings (SSSR count). The highest BCUT2D eigenvalue weighted by Gasteiger charge is 2.18. The number of carbonyl (C=O) groups excluding carboxylic acids is 2. The molecule has 140 valence electrons. The lowest BCUT2D eigenvalue weighted by Crippen LogP contribution is -2.26. The number of carbonyl (C=O) groups is 2. The van der Waals surface area contributed by atoms with Crippen LogP contribution in [0, 0.1) is 0 Å². The number of nitrogens with zero attached hydrogens (tertiary/aromatic N) is 1. The second-order valence-corrected chi connectivity index (χ2v) is 5.75. The molecule has 0 saturated heterocycles. The Balaban J connectivity index is 2.03. The average molecular weight is 380 g/mol. The highest BCUT2D eigenvalue weighted by molar-refractivity contribution is 7.14. The molecule has 1 aromatic heterocycles. The number of thiazole rings is 1. The zero-order valence-electron chi connectivity index (χ0n) is 14.7. The van der Waals surface area contributed by atoms with Gasteiger partial charge in [-0.15, -0.1) is 11.3 Å². The van der Waals surface area contributed by atoms with Gasteiger partial charge < -0.3 is 18.9 Å². The molecule has 0 aliphatic rings. The quantitative estimate of drug-likeness (QED) is 0.427. The van der Waals surface area contributed by atoms with Crippen LogP contribution in [0.3, 0.4) is 0 Å². The molecule has 0 spiro atoms. The van der Waals surface area contributed by atoms with Gasteiger partial charge in [0.05, 0.1) is 26.5 Å². The van der Waals surface area contributed by atoms with Crippen LogP contribution in [0.4, 0.5) is 5.13 Å². The lowest BCUT2D eigenvalue weighted by molar-refractivity contribution is -0.153. The van der Waals surface area contributed by atoms with Gasteiger partial charge in [0, 0.05) is 17.6 Å². The number of ether oxygens (including phenoxy) is 4. The van der Waals surface area contributed by atoms with Crippen LogP contribution >= 0.6 is 11.3 Å². The van der Waals surface area contributed by atoms with E-state index in [1.54, 1.807) is 37.8 Å². The third-order valence-corrected chi connectivity index (χ3v) is 4.02. The molecule has 9 heteroatoms. The number of methoxy groups -OCH3 is 2. The van der Waals surface area contributed by atoms with E-state index < -0.39 is 11.9 Å². The van der Waals surface area contributed by atoms with Crippen LogP contribution in [-0.4, -0.2) is 50.9 Å². The molecular weight excluding hydrogens is 360 g/mol. The van der Waals surface area contributed by atoms with Crippen LogP contribution in [0.1, 0.15) is 6.92 Å². The Morgan fingerprint density at radius 3 is 2.69 bits per heavy atom. The maximum Gasteiger partial charge on any atom is 0.397 e. The number of esters is 1. The number of hydrogen-bond acceptors (Lipinski definition) is 8. The molecule has 0 unspecified atom stereocenters. The highest BCUT2D eigenvalue weighted by atomic mass is 32.1. The minimum atomic E-state index is -0.986. The summed E-state index contributed by atoms with van der Waals surface area (Å²) in [5.74, 6) is -0.609. The van der Waals surface area contributed by atoms with E-state index in [0.29, 0.717) is 29.4 Å². The first-order valence-electron chi connectivity index (χ1n) is 7.82. The van der Waals surface area contributed by atoms with Gasteiger partial charge in [0.1, 0.15) is 18.1 Å². The van der Waals surface area contributed by atoms with Gasteiger partial charge in [-0.25, -0.2) is 9.78 Å². The fourth-order valence-corrected chi connectivity index (χ4v) is 2.73. The molecule has 0 saturated carbocycles. The molecule has 0 fully saturated rings. The van der Waals surface area contributed by atoms with Crippen molar-refractivity contribution in [2.24, 2.45) is 0 Å². The van der Waals surface area contributed by atoms with Crippen molar-refractivity contribution >= 4 is 28.3 Å². The fourth-order valence-electron chi connectivity index (χ4n) is 2.02. The predicted octanol–water partition coefficient (Wildman–Crippen LogP) is 2.35. The second-order valence-electron chi connectivity index (χ2n) is 4.89. The number of hydrogen-bond donors (Lipinski definition) is 1. The monoisotopic (exact) mass is 380 g/mol. The van der Waals surface area contributed by atoms with Crippen molar-refractivity contribution in [1.29, 1.82) is 0 Å². The van der Waals surface area contributed by atoms with E-state index in [1.807, 2.05) is 6.92 Å². The van der Waals surface area contributed by atoms with Crippen LogP contribution in [-0.2, 0) is 19.1 Å². The number of rotatable bonds is 8. The van der Waals surface area contributed by atoms with Crippen molar-refractivity contribution < 1.29 is 28.5 Å². The summed E-state index contributed by atoms with van der Waals surface area (Å²) >= 11 is 1.18. The lowest BCUT2D eigenvalue weighted by atomic mass is 10.1. The topological polar surface area (TPSA) is 96.0 Å². The summed E-state index contributed by atoms with van der Waals surface area (Å²) in [6.07, 6.45) is 0. The molecule has 0 aliphatic carbocycles. The van der Waals surface area contributed by atoms with E-state index >= 15 is 0 Å². The number of anilines is 1. The number of aromatic nitrogens is 1. The molecule has 0 atom stereocenters. The van der Waals surface area contributed by atoms with E-state index in [1.165, 1.54) is 11.3 Å². The van der Waals surface area contributed by atoms with Crippen LogP contribution in [0.25, 0.3) is 11.3 Å². The van der Waals surface area contributed by atoms with Crippen molar-refractivity contribution in [2.45, 2.75) is 6.92 Å². The van der Waals surface area contributed by atoms with Crippen molar-refractivity contribution in [3.05, 3.63) is 23.6 Å². The minimum Gasteiger partial charge on any atom is -0.497 e. The Morgan fingerprint density at radius 2 is 2.00 bits per heavy atom. The van der Waals surface area contributed by atoms with Gasteiger partial charge in [-0.05, 0) is 25.1 Å². The molecular formula is C17H20N2O6S. The van der Waals surface area contributed by atoms with Gasteiger partial charge in [0.2, 0.25) is 0 Å². The fraction of sp³-hybridized carbons (Fsp3) is 0.353. The van der Waals surface area contributed by atoms with Gasteiger partial charge in [-0.2, -0.15) is 0 Å². The first-order valence-corrected chi connectivity index (χ1v) is 8.70. The summed E-state index contributed by atoms with van der Waals surface area (Å²) in [5.41, 5.74) is 1.30. The third kappa shape index (κ3) is 5.17. The van der Waals surface area contributed by atoms with Gasteiger partial charge in [0.15, 0.2) is 5.13 Å². The Labute approximate surface area is 155 Å². The summed E-state index contributed by atoms with van der Waals surface area (Å²) in [6.45, 7) is 2.60. The largest absolute Gasteiger partial charge is 0.497 e. The Bertz CT molecular complexity index is 761. The molecule has 1 aromatic carbocycles. The smallest absolute Gasteiger partial charge is 0.397 e. The molecule has 2 aromatic rings. The van der Waals surface area contributed by atoms with Crippen molar-refractivity contribution in [1.82, 2.24) is 4.98 Å². The molecule has 8 nitrogen and oxygen atoms in total. The lowest BCUT2D eigenvalue weighted by Gasteiger charge is -2.08. The van der Waals surface area contributed by atoms with E-state index in [4.69, 9.17) is 18.9 Å². The number of amides is 1. The van der Waals surface area contributed by atoms with Gasteiger partial charge in [-0.3, -0.25) is 10.1 Å². The zero-order valence-corrected chi connectivity index (χ0v) is 15.6. The summed E-state index contributed by atoms with van der Waals surface area (Å²) in [4.78, 5) is 27.8. The van der Waals surface area contributed by atoms with Crippen molar-refractivity contribution in [3.8, 4) is 22.8 Å². The summed E-state index contributed by atoms with van der Waals surface area (Å²) in [6, 6.07) is 5.32. The SMILES string of the molecule is CCOCCOC(=O)C(=O)Nc1nc(-c2cc(OC)ccc2OC)cs1. The van der Waals surface area contributed by atoms with E-state index in [2.05, 4.69) is 10.3 Å². The molecule has 1 amide bonds. The van der Waals surface area contributed by atoms with Crippen LogP contribution in [0.5, 0.6) is 11.5 Å². The Kier molecular flexibility index (Phi) is 7.37. The third-order valence-electron chi connectivity index (χ3n) is 3.26. The Hall–Kier alpha value is -2.65. The standard InChI is InChI=1S/C17H20N2O6S/c1-4-24-7-8-25-16(21)15(20)19-17-18-13(10-26-17)12-9-11(22-2)5-6-14(12)23-3/h5-6,9-10H,4,7-8H2,1-3H3,(H,18,19,20). The summed E-state index contributed by atoms with van der Waals surface area (Å²) < 4.78 is 20.4. The Morgan fingerprint density at radius 1 is 1.19 bits per heavy atom. The van der Waals surface area contributed by atoms with Crippen molar-refractivity contribution in [3.63, 3.8) is 0 Å². The van der Waals surface area contributed by atoms with Gasteiger partial charge in [-0.1, -0.05) is 0 Å². The number of nitrogens with one attached hydrogen (secondary N) is 1. The summed E-state index contributed by atoms with van der Waals surface area (Å²) in [5, 5.41) is 4.44. The first-order chi connectivity index (χ1) is 12.6. The molecule has 0 bridgehead atoms. The molecule has 1 N–H and O–H groups in total. The van der Waals surface area contributed by atoms with Crippen molar-refractivity contribution in [2.75, 3.05) is 39.4 Å². The predicted molar refractivity (Wildman–Crippen MR) is 96.7 cm³/mol. The maximum atomic E-state index is 11.8. The van der Waals surface area contributed by atoms with Crippen LogP contribution in [0.2, 0.25) is 0 Å². The van der Waals surface area contributed by atoms with E-state index in [0.717, 1.165) is 0 Å². The summed E-state index contributed by atoms with van der Waals surface area (Å²) in [7, 11) is 3.12. The first kappa shape index (κ1) is 19.7.